The molecular formula is C32H38N6O4. The number of nitrogens with zero attached hydrogens (tertiary/aromatic N) is 3. The van der Waals surface area contributed by atoms with Crippen LogP contribution in [0.15, 0.2) is 57.2 Å². The molecule has 3 aromatic rings. The molecular weight excluding hydrogens is 532 g/mol. The minimum absolute atomic E-state index is 0.00703. The molecule has 0 spiro atoms. The van der Waals surface area contributed by atoms with Gasteiger partial charge in [-0.25, -0.2) is 9.80 Å². The Morgan fingerprint density at radius 2 is 1.62 bits per heavy atom. The molecule has 10 nitrogen and oxygen atoms in total. The van der Waals surface area contributed by atoms with Crippen LogP contribution in [-0.4, -0.2) is 49.1 Å². The molecule has 0 radical (unpaired) electrons. The van der Waals surface area contributed by atoms with Crippen LogP contribution in [0.5, 0.6) is 0 Å². The van der Waals surface area contributed by atoms with E-state index in [1.807, 2.05) is 29.2 Å². The van der Waals surface area contributed by atoms with Crippen LogP contribution < -0.4 is 32.1 Å². The Hall–Kier alpha value is -4.18. The van der Waals surface area contributed by atoms with Crippen molar-refractivity contribution in [1.82, 2.24) is 5.01 Å². The molecule has 1 aliphatic carbocycles. The maximum atomic E-state index is 14.4. The van der Waals surface area contributed by atoms with E-state index in [2.05, 4.69) is 35.8 Å². The first-order valence-electron chi connectivity index (χ1n) is 15.0. The third kappa shape index (κ3) is 5.38. The lowest BCUT2D eigenvalue weighted by atomic mass is 9.82. The third-order valence-corrected chi connectivity index (χ3v) is 8.63. The van der Waals surface area contributed by atoms with Gasteiger partial charge >= 0.3 is 6.03 Å². The largest absolute Gasteiger partial charge is 0.394 e. The van der Waals surface area contributed by atoms with Gasteiger partial charge in [-0.2, -0.15) is 5.10 Å². The normalized spacial score (nSPS) is 18.5. The lowest BCUT2D eigenvalue weighted by Crippen LogP contribution is -2.45. The van der Waals surface area contributed by atoms with Crippen LogP contribution in [-0.2, 0) is 4.74 Å². The Labute approximate surface area is 245 Å². The minimum atomic E-state index is -0.632. The average molecular weight is 571 g/mol. The Balaban J connectivity index is 1.28. The Kier molecular flexibility index (Phi) is 7.97. The van der Waals surface area contributed by atoms with Crippen molar-refractivity contribution in [2.75, 3.05) is 47.6 Å². The van der Waals surface area contributed by atoms with Gasteiger partial charge in [-0.3, -0.25) is 14.5 Å². The number of hydrogen-bond donors (Lipinski definition) is 3. The van der Waals surface area contributed by atoms with Gasteiger partial charge in [0.25, 0.3) is 10.9 Å². The van der Waals surface area contributed by atoms with E-state index in [4.69, 9.17) is 15.6 Å². The Bertz CT molecular complexity index is 1550. The fraction of sp³-hybridized carbons (Fsp3) is 0.438. The zero-order chi connectivity index (χ0) is 29.2. The summed E-state index contributed by atoms with van der Waals surface area (Å²) in [6.07, 6.45) is 7.31. The van der Waals surface area contributed by atoms with Gasteiger partial charge in [0.15, 0.2) is 0 Å². The molecule has 220 valence electrons. The molecule has 2 amide bonds. The molecule has 0 atom stereocenters. The first kappa shape index (κ1) is 28.0. The van der Waals surface area contributed by atoms with E-state index in [-0.39, 0.29) is 23.4 Å². The number of nitrogens with one attached hydrogen (secondary N) is 2. The van der Waals surface area contributed by atoms with Crippen molar-refractivity contribution in [2.45, 2.75) is 57.9 Å². The van der Waals surface area contributed by atoms with Crippen LogP contribution in [0.3, 0.4) is 0 Å². The van der Waals surface area contributed by atoms with Gasteiger partial charge in [-0.15, -0.1) is 0 Å². The standard InChI is InChI=1S/C32H38N6O4/c1-20-7-12-25-26(19-20)37(23-10-8-22(9-11-23)34-15-16-35-29-27(33)30(39)31(29)40)32(41)38(24-13-17-42-18-14-24)36-28(25)21-5-3-2-4-6-21/h7-12,19,21,24,34-35H,2-6,13-18,33H2,1H3. The van der Waals surface area contributed by atoms with E-state index in [1.54, 1.807) is 5.01 Å². The number of nitrogen functional groups attached to an aromatic ring is 1. The van der Waals surface area contributed by atoms with Gasteiger partial charge in [-0.1, -0.05) is 31.4 Å². The number of rotatable bonds is 8. The molecule has 42 heavy (non-hydrogen) atoms. The van der Waals surface area contributed by atoms with Gasteiger partial charge in [0, 0.05) is 43.5 Å². The summed E-state index contributed by atoms with van der Waals surface area (Å²) in [5.41, 5.74) is 10.2. The number of amides is 2. The van der Waals surface area contributed by atoms with Crippen molar-refractivity contribution < 1.29 is 9.53 Å². The van der Waals surface area contributed by atoms with E-state index in [9.17, 15) is 14.4 Å². The molecule has 1 saturated carbocycles. The number of benzene rings is 2. The monoisotopic (exact) mass is 570 g/mol. The summed E-state index contributed by atoms with van der Waals surface area (Å²) in [7, 11) is 0. The summed E-state index contributed by atoms with van der Waals surface area (Å²) < 4.78 is 5.63. The topological polar surface area (TPSA) is 129 Å². The molecule has 1 saturated heterocycles. The number of carbonyl (C=O) groups excluding carboxylic acids is 1. The highest BCUT2D eigenvalue weighted by atomic mass is 16.5. The predicted molar refractivity (Wildman–Crippen MR) is 167 cm³/mol. The van der Waals surface area contributed by atoms with Crippen LogP contribution in [0.25, 0.3) is 0 Å². The molecule has 0 bridgehead atoms. The predicted octanol–water partition coefficient (Wildman–Crippen LogP) is 4.73. The van der Waals surface area contributed by atoms with Gasteiger partial charge < -0.3 is 21.1 Å². The number of aryl methyl sites for hydroxylation is 1. The van der Waals surface area contributed by atoms with Crippen molar-refractivity contribution >= 4 is 40.2 Å². The zero-order valence-corrected chi connectivity index (χ0v) is 24.0. The third-order valence-electron chi connectivity index (χ3n) is 8.63. The molecule has 0 unspecified atom stereocenters. The van der Waals surface area contributed by atoms with Gasteiger partial charge in [0.1, 0.15) is 11.4 Å². The Morgan fingerprint density at radius 3 is 2.33 bits per heavy atom. The van der Waals surface area contributed by atoms with Crippen LogP contribution in [0.1, 0.15) is 56.1 Å². The maximum Gasteiger partial charge on any atom is 0.349 e. The summed E-state index contributed by atoms with van der Waals surface area (Å²) in [6, 6.07) is 14.0. The van der Waals surface area contributed by atoms with Crippen LogP contribution in [0.2, 0.25) is 0 Å². The summed E-state index contributed by atoms with van der Waals surface area (Å²) >= 11 is 0. The first-order chi connectivity index (χ1) is 20.4. The second-order valence-corrected chi connectivity index (χ2v) is 11.5. The van der Waals surface area contributed by atoms with Crippen LogP contribution in [0.4, 0.5) is 33.2 Å². The number of fused-ring (bicyclic) bond motifs is 1. The van der Waals surface area contributed by atoms with E-state index in [0.29, 0.717) is 32.2 Å². The SMILES string of the molecule is Cc1ccc2c(c1)N(c1ccc(NCCNc3c(N)c(=O)c3=O)cc1)C(=O)N(C1CCOCC1)N=C2C1CCCCC1. The highest BCUT2D eigenvalue weighted by Gasteiger charge is 2.37. The fourth-order valence-corrected chi connectivity index (χ4v) is 6.26. The average Bonchev–Trinajstić information content (AvgIpc) is 3.15. The smallest absolute Gasteiger partial charge is 0.349 e. The summed E-state index contributed by atoms with van der Waals surface area (Å²) in [5, 5.41) is 13.2. The molecule has 3 aromatic carbocycles. The van der Waals surface area contributed by atoms with E-state index in [0.717, 1.165) is 59.6 Å². The molecule has 10 heteroatoms. The summed E-state index contributed by atoms with van der Waals surface area (Å²) in [6.45, 7) is 4.24. The van der Waals surface area contributed by atoms with E-state index in [1.165, 1.54) is 19.3 Å². The van der Waals surface area contributed by atoms with Crippen molar-refractivity contribution in [3.05, 3.63) is 74.0 Å². The van der Waals surface area contributed by atoms with Gasteiger partial charge in [-0.05, 0) is 68.5 Å². The maximum absolute atomic E-state index is 14.4. The number of ether oxygens (including phenoxy) is 1. The fourth-order valence-electron chi connectivity index (χ4n) is 6.26. The molecule has 2 heterocycles. The lowest BCUT2D eigenvalue weighted by molar-refractivity contribution is 0.0480. The molecule has 2 aliphatic heterocycles. The Morgan fingerprint density at radius 1 is 0.905 bits per heavy atom. The summed E-state index contributed by atoms with van der Waals surface area (Å²) in [4.78, 5) is 39.2. The number of carbonyl (C=O) groups is 1. The van der Waals surface area contributed by atoms with Crippen molar-refractivity contribution in [3.8, 4) is 0 Å². The van der Waals surface area contributed by atoms with Crippen molar-refractivity contribution in [1.29, 1.82) is 0 Å². The van der Waals surface area contributed by atoms with Crippen molar-refractivity contribution in [3.63, 3.8) is 0 Å². The van der Waals surface area contributed by atoms with Crippen molar-refractivity contribution in [2.24, 2.45) is 11.0 Å². The molecule has 0 aromatic heterocycles. The molecule has 3 aliphatic rings. The summed E-state index contributed by atoms with van der Waals surface area (Å²) in [5.74, 6) is 0.329. The molecule has 4 N–H and O–H groups in total. The van der Waals surface area contributed by atoms with E-state index >= 15 is 0 Å². The second-order valence-electron chi connectivity index (χ2n) is 11.5. The van der Waals surface area contributed by atoms with Crippen LogP contribution >= 0.6 is 0 Å². The van der Waals surface area contributed by atoms with Crippen LogP contribution in [0, 0.1) is 12.8 Å². The van der Waals surface area contributed by atoms with E-state index < -0.39 is 10.9 Å². The zero-order valence-electron chi connectivity index (χ0n) is 24.0. The lowest BCUT2D eigenvalue weighted by Gasteiger charge is -2.33. The first-order valence-corrected chi connectivity index (χ1v) is 15.0. The number of hydrogen-bond acceptors (Lipinski definition) is 8. The number of anilines is 5. The number of hydrazone groups is 1. The molecule has 2 fully saturated rings. The number of nitrogens with two attached hydrogens (primary N) is 1. The highest BCUT2D eigenvalue weighted by molar-refractivity contribution is 6.14. The molecule has 6 rings (SSSR count). The minimum Gasteiger partial charge on any atom is -0.394 e. The second kappa shape index (κ2) is 12.0. The number of urea groups is 1. The van der Waals surface area contributed by atoms with Gasteiger partial charge in [0.05, 0.1) is 23.1 Å². The quantitative estimate of drug-likeness (QED) is 0.264. The highest BCUT2D eigenvalue weighted by Crippen LogP contribution is 2.39. The van der Waals surface area contributed by atoms with Gasteiger partial charge in [0.2, 0.25) is 0 Å².